The Balaban J connectivity index is 2.66. The number of ether oxygens (including phenoxy) is 1. The number of hydrogen-bond donors (Lipinski definition) is 2. The van der Waals surface area contributed by atoms with Crippen LogP contribution in [-0.4, -0.2) is 40.3 Å². The van der Waals surface area contributed by atoms with Crippen molar-refractivity contribution in [2.75, 3.05) is 18.4 Å². The zero-order chi connectivity index (χ0) is 17.7. The molecule has 0 atom stereocenters. The molecule has 0 saturated heterocycles. The van der Waals surface area contributed by atoms with Crippen molar-refractivity contribution in [3.63, 3.8) is 0 Å². The van der Waals surface area contributed by atoms with Crippen LogP contribution in [0.15, 0.2) is 24.3 Å². The van der Waals surface area contributed by atoms with E-state index >= 15 is 0 Å². The van der Waals surface area contributed by atoms with Gasteiger partial charge in [-0.3, -0.25) is 0 Å². The Bertz CT molecular complexity index is 516. The Kier molecular flexibility index (Phi) is 6.45. The van der Waals surface area contributed by atoms with Crippen molar-refractivity contribution in [2.45, 2.75) is 59.3 Å². The standard InChI is InChI=1S/C18H30N2O3/c1-17(2,3)20(16(22)23-18(4,5)6)11-10-19-15-9-7-8-14(12-15)13-21/h7-9,12,19,21H,10-11,13H2,1-6H3. The van der Waals surface area contributed by atoms with Crippen LogP contribution in [-0.2, 0) is 11.3 Å². The summed E-state index contributed by atoms with van der Waals surface area (Å²) in [7, 11) is 0. The number of anilines is 1. The molecular weight excluding hydrogens is 292 g/mol. The molecule has 5 nitrogen and oxygen atoms in total. The highest BCUT2D eigenvalue weighted by atomic mass is 16.6. The van der Waals surface area contributed by atoms with Gasteiger partial charge in [0.1, 0.15) is 5.60 Å². The number of amides is 1. The summed E-state index contributed by atoms with van der Waals surface area (Å²) in [6.45, 7) is 12.7. The molecule has 0 bridgehead atoms. The Morgan fingerprint density at radius 1 is 1.22 bits per heavy atom. The molecule has 0 saturated carbocycles. The highest BCUT2D eigenvalue weighted by Gasteiger charge is 2.30. The third-order valence-corrected chi connectivity index (χ3v) is 3.20. The molecule has 1 aromatic carbocycles. The fraction of sp³-hybridized carbons (Fsp3) is 0.611. The van der Waals surface area contributed by atoms with E-state index in [0.29, 0.717) is 13.1 Å². The minimum absolute atomic E-state index is 0.0154. The number of nitrogens with zero attached hydrogens (tertiary/aromatic N) is 1. The summed E-state index contributed by atoms with van der Waals surface area (Å²) >= 11 is 0. The molecule has 0 heterocycles. The second-order valence-corrected chi connectivity index (χ2v) is 7.59. The summed E-state index contributed by atoms with van der Waals surface area (Å²) in [6.07, 6.45) is -0.309. The first-order valence-corrected chi connectivity index (χ1v) is 7.97. The molecule has 0 fully saturated rings. The lowest BCUT2D eigenvalue weighted by atomic mass is 10.1. The SMILES string of the molecule is CC(C)(C)OC(=O)N(CCNc1cccc(CO)c1)C(C)(C)C. The van der Waals surface area contributed by atoms with E-state index in [2.05, 4.69) is 5.32 Å². The van der Waals surface area contributed by atoms with E-state index in [1.165, 1.54) is 0 Å². The van der Waals surface area contributed by atoms with Crippen LogP contribution < -0.4 is 5.32 Å². The largest absolute Gasteiger partial charge is 0.444 e. The fourth-order valence-corrected chi connectivity index (χ4v) is 2.11. The molecule has 23 heavy (non-hydrogen) atoms. The molecule has 2 N–H and O–H groups in total. The van der Waals surface area contributed by atoms with Gasteiger partial charge in [0, 0.05) is 24.3 Å². The second kappa shape index (κ2) is 7.68. The van der Waals surface area contributed by atoms with Gasteiger partial charge in [0.25, 0.3) is 0 Å². The first-order chi connectivity index (χ1) is 10.5. The second-order valence-electron chi connectivity index (χ2n) is 7.59. The van der Waals surface area contributed by atoms with Gasteiger partial charge in [-0.15, -0.1) is 0 Å². The van der Waals surface area contributed by atoms with Crippen molar-refractivity contribution in [1.29, 1.82) is 0 Å². The smallest absolute Gasteiger partial charge is 0.410 e. The van der Waals surface area contributed by atoms with Crippen molar-refractivity contribution in [3.05, 3.63) is 29.8 Å². The highest BCUT2D eigenvalue weighted by molar-refractivity contribution is 5.69. The summed E-state index contributed by atoms with van der Waals surface area (Å²) in [5.41, 5.74) is 0.949. The van der Waals surface area contributed by atoms with Gasteiger partial charge in [-0.2, -0.15) is 0 Å². The third-order valence-electron chi connectivity index (χ3n) is 3.20. The number of carbonyl (C=O) groups is 1. The van der Waals surface area contributed by atoms with E-state index in [9.17, 15) is 4.79 Å². The molecule has 0 spiro atoms. The topological polar surface area (TPSA) is 61.8 Å². The summed E-state index contributed by atoms with van der Waals surface area (Å²) in [5.74, 6) is 0. The Hall–Kier alpha value is -1.75. The fourth-order valence-electron chi connectivity index (χ4n) is 2.11. The Labute approximate surface area is 139 Å². The minimum Gasteiger partial charge on any atom is -0.444 e. The van der Waals surface area contributed by atoms with Crippen molar-refractivity contribution >= 4 is 11.8 Å². The number of benzene rings is 1. The maximum atomic E-state index is 12.4. The van der Waals surface area contributed by atoms with Crippen LogP contribution in [0, 0.1) is 0 Å². The van der Waals surface area contributed by atoms with Crippen molar-refractivity contribution in [2.24, 2.45) is 0 Å². The molecule has 1 amide bonds. The molecule has 0 aliphatic carbocycles. The molecule has 130 valence electrons. The summed E-state index contributed by atoms with van der Waals surface area (Å²) in [6, 6.07) is 7.60. The van der Waals surface area contributed by atoms with Crippen LogP contribution in [0.1, 0.15) is 47.1 Å². The minimum atomic E-state index is -0.510. The Morgan fingerprint density at radius 3 is 2.39 bits per heavy atom. The van der Waals surface area contributed by atoms with Crippen LogP contribution in [0.5, 0.6) is 0 Å². The van der Waals surface area contributed by atoms with Crippen LogP contribution in [0.25, 0.3) is 0 Å². The molecule has 1 rings (SSSR count). The maximum absolute atomic E-state index is 12.4. The molecule has 0 radical (unpaired) electrons. The number of hydrogen-bond acceptors (Lipinski definition) is 4. The molecule has 0 unspecified atom stereocenters. The van der Waals surface area contributed by atoms with E-state index < -0.39 is 5.60 Å². The van der Waals surface area contributed by atoms with E-state index in [-0.39, 0.29) is 18.2 Å². The maximum Gasteiger partial charge on any atom is 0.410 e. The van der Waals surface area contributed by atoms with Gasteiger partial charge in [-0.1, -0.05) is 12.1 Å². The van der Waals surface area contributed by atoms with E-state index in [1.807, 2.05) is 65.8 Å². The van der Waals surface area contributed by atoms with Crippen LogP contribution in [0.3, 0.4) is 0 Å². The van der Waals surface area contributed by atoms with Crippen molar-refractivity contribution in [1.82, 2.24) is 4.90 Å². The molecule has 0 aliphatic rings. The van der Waals surface area contributed by atoms with Gasteiger partial charge in [0.2, 0.25) is 0 Å². The van der Waals surface area contributed by atoms with Crippen LogP contribution in [0.4, 0.5) is 10.5 Å². The average Bonchev–Trinajstić information content (AvgIpc) is 2.40. The van der Waals surface area contributed by atoms with Gasteiger partial charge in [0.05, 0.1) is 6.61 Å². The number of aliphatic hydroxyl groups excluding tert-OH is 1. The lowest BCUT2D eigenvalue weighted by Gasteiger charge is -2.37. The Morgan fingerprint density at radius 2 is 1.87 bits per heavy atom. The lowest BCUT2D eigenvalue weighted by molar-refractivity contribution is 0.00749. The zero-order valence-electron chi connectivity index (χ0n) is 15.1. The molecule has 5 heteroatoms. The molecule has 0 aliphatic heterocycles. The van der Waals surface area contributed by atoms with Gasteiger partial charge >= 0.3 is 6.09 Å². The monoisotopic (exact) mass is 322 g/mol. The highest BCUT2D eigenvalue weighted by Crippen LogP contribution is 2.18. The van der Waals surface area contributed by atoms with E-state index in [4.69, 9.17) is 9.84 Å². The van der Waals surface area contributed by atoms with Crippen molar-refractivity contribution in [3.8, 4) is 0 Å². The van der Waals surface area contributed by atoms with Gasteiger partial charge in [0.15, 0.2) is 0 Å². The first-order valence-electron chi connectivity index (χ1n) is 7.97. The summed E-state index contributed by atoms with van der Waals surface area (Å²) in [4.78, 5) is 14.1. The normalized spacial score (nSPS) is 12.0. The summed E-state index contributed by atoms with van der Waals surface area (Å²) < 4.78 is 5.49. The van der Waals surface area contributed by atoms with Gasteiger partial charge in [-0.05, 0) is 59.2 Å². The zero-order valence-corrected chi connectivity index (χ0v) is 15.1. The molecule has 0 aromatic heterocycles. The van der Waals surface area contributed by atoms with E-state index in [0.717, 1.165) is 11.3 Å². The predicted molar refractivity (Wildman–Crippen MR) is 93.5 cm³/mol. The summed E-state index contributed by atoms with van der Waals surface area (Å²) in [5, 5.41) is 12.4. The molecular formula is C18H30N2O3. The van der Waals surface area contributed by atoms with Crippen LogP contribution >= 0.6 is 0 Å². The first kappa shape index (κ1) is 19.3. The van der Waals surface area contributed by atoms with Crippen molar-refractivity contribution < 1.29 is 14.6 Å². The number of rotatable bonds is 5. The number of carbonyl (C=O) groups excluding carboxylic acids is 1. The molecule has 1 aromatic rings. The van der Waals surface area contributed by atoms with E-state index in [1.54, 1.807) is 4.90 Å². The quantitative estimate of drug-likeness (QED) is 0.869. The number of aliphatic hydroxyl groups is 1. The average molecular weight is 322 g/mol. The number of nitrogens with one attached hydrogen (secondary N) is 1. The van der Waals surface area contributed by atoms with Crippen LogP contribution in [0.2, 0.25) is 0 Å². The third kappa shape index (κ3) is 6.91. The predicted octanol–water partition coefficient (Wildman–Crippen LogP) is 3.63. The van der Waals surface area contributed by atoms with Gasteiger partial charge < -0.3 is 20.1 Å². The van der Waals surface area contributed by atoms with Gasteiger partial charge in [-0.25, -0.2) is 4.79 Å². The lowest BCUT2D eigenvalue weighted by Crippen LogP contribution is -2.49.